The Morgan fingerprint density at radius 2 is 2.00 bits per heavy atom. The maximum atomic E-state index is 11.5. The van der Waals surface area contributed by atoms with Crippen LogP contribution in [0.1, 0.15) is 29.6 Å². The summed E-state index contributed by atoms with van der Waals surface area (Å²) >= 11 is 0. The lowest BCUT2D eigenvalue weighted by molar-refractivity contribution is -0.137. The smallest absolute Gasteiger partial charge is 0.303 e. The van der Waals surface area contributed by atoms with Crippen molar-refractivity contribution in [2.45, 2.75) is 19.3 Å². The molecule has 1 heterocycles. The van der Waals surface area contributed by atoms with E-state index in [1.807, 2.05) is 24.3 Å². The molecule has 110 valence electrons. The van der Waals surface area contributed by atoms with E-state index in [0.29, 0.717) is 30.6 Å². The van der Waals surface area contributed by atoms with Gasteiger partial charge in [0.05, 0.1) is 16.8 Å². The van der Waals surface area contributed by atoms with Crippen molar-refractivity contribution < 1.29 is 14.7 Å². The molecule has 0 fully saturated rings. The first-order valence-corrected chi connectivity index (χ1v) is 6.73. The van der Waals surface area contributed by atoms with Crippen molar-refractivity contribution >= 4 is 28.5 Å². The Balaban J connectivity index is 2.17. The van der Waals surface area contributed by atoms with Gasteiger partial charge in [-0.25, -0.2) is 0 Å². The van der Waals surface area contributed by atoms with Crippen LogP contribution in [-0.2, 0) is 4.79 Å². The lowest BCUT2D eigenvalue weighted by atomic mass is 10.1. The maximum absolute atomic E-state index is 11.5. The van der Waals surface area contributed by atoms with Gasteiger partial charge in [-0.2, -0.15) is 0 Å². The molecule has 1 amide bonds. The minimum Gasteiger partial charge on any atom is -0.481 e. The first-order chi connectivity index (χ1) is 10.1. The summed E-state index contributed by atoms with van der Waals surface area (Å²) in [6, 6.07) is 7.46. The zero-order valence-electron chi connectivity index (χ0n) is 11.5. The molecule has 0 bridgehead atoms. The lowest BCUT2D eigenvalue weighted by Gasteiger charge is -2.12. The van der Waals surface area contributed by atoms with E-state index in [2.05, 4.69) is 10.3 Å². The number of carbonyl (C=O) groups is 2. The fourth-order valence-corrected chi connectivity index (χ4v) is 2.13. The first kappa shape index (κ1) is 14.8. The zero-order chi connectivity index (χ0) is 15.2. The van der Waals surface area contributed by atoms with E-state index < -0.39 is 11.9 Å². The van der Waals surface area contributed by atoms with Crippen molar-refractivity contribution in [3.63, 3.8) is 0 Å². The second-order valence-electron chi connectivity index (χ2n) is 4.71. The average Bonchev–Trinajstić information content (AvgIpc) is 2.46. The van der Waals surface area contributed by atoms with Crippen molar-refractivity contribution in [3.05, 3.63) is 36.0 Å². The SMILES string of the molecule is NC(=O)c1cnc2ccccc2c1NCCCCC(=O)O. The van der Waals surface area contributed by atoms with Gasteiger partial charge in [-0.05, 0) is 18.9 Å². The molecule has 0 saturated carbocycles. The van der Waals surface area contributed by atoms with Gasteiger partial charge in [0.2, 0.25) is 0 Å². The van der Waals surface area contributed by atoms with Crippen LogP contribution in [0.5, 0.6) is 0 Å². The lowest BCUT2D eigenvalue weighted by Crippen LogP contribution is -2.16. The molecule has 2 aromatic rings. The van der Waals surface area contributed by atoms with Crippen LogP contribution < -0.4 is 11.1 Å². The number of nitrogens with two attached hydrogens (primary N) is 1. The Bertz CT molecular complexity index is 670. The van der Waals surface area contributed by atoms with Crippen LogP contribution in [0.2, 0.25) is 0 Å². The van der Waals surface area contributed by atoms with Crippen molar-refractivity contribution in [2.24, 2.45) is 5.73 Å². The Morgan fingerprint density at radius 1 is 1.24 bits per heavy atom. The molecule has 0 atom stereocenters. The van der Waals surface area contributed by atoms with Crippen LogP contribution in [0.3, 0.4) is 0 Å². The third kappa shape index (κ3) is 3.68. The predicted octanol–water partition coefficient (Wildman–Crippen LogP) is 2.00. The highest BCUT2D eigenvalue weighted by Gasteiger charge is 2.12. The molecular formula is C15H17N3O3. The van der Waals surface area contributed by atoms with Crippen LogP contribution in [-0.4, -0.2) is 28.5 Å². The van der Waals surface area contributed by atoms with E-state index in [1.54, 1.807) is 0 Å². The third-order valence-electron chi connectivity index (χ3n) is 3.16. The summed E-state index contributed by atoms with van der Waals surface area (Å²) in [5, 5.41) is 12.6. The highest BCUT2D eigenvalue weighted by molar-refractivity contribution is 6.06. The van der Waals surface area contributed by atoms with Gasteiger partial charge in [0.25, 0.3) is 5.91 Å². The number of aromatic nitrogens is 1. The van der Waals surface area contributed by atoms with Crippen LogP contribution >= 0.6 is 0 Å². The number of hydrogen-bond donors (Lipinski definition) is 3. The zero-order valence-corrected chi connectivity index (χ0v) is 11.5. The molecule has 21 heavy (non-hydrogen) atoms. The first-order valence-electron chi connectivity index (χ1n) is 6.73. The van der Waals surface area contributed by atoms with Gasteiger partial charge in [0, 0.05) is 24.5 Å². The number of anilines is 1. The van der Waals surface area contributed by atoms with Gasteiger partial charge in [-0.3, -0.25) is 14.6 Å². The van der Waals surface area contributed by atoms with Gasteiger partial charge in [0.1, 0.15) is 0 Å². The molecule has 1 aromatic carbocycles. The number of amides is 1. The maximum Gasteiger partial charge on any atom is 0.303 e. The number of carboxylic acids is 1. The molecule has 6 nitrogen and oxygen atoms in total. The van der Waals surface area contributed by atoms with E-state index >= 15 is 0 Å². The number of unbranched alkanes of at least 4 members (excludes halogenated alkanes) is 1. The van der Waals surface area contributed by atoms with E-state index in [1.165, 1.54) is 6.20 Å². The number of primary amides is 1. The number of hydrogen-bond acceptors (Lipinski definition) is 4. The quantitative estimate of drug-likeness (QED) is 0.675. The minimum atomic E-state index is -0.804. The van der Waals surface area contributed by atoms with Crippen LogP contribution in [0.4, 0.5) is 5.69 Å². The molecule has 0 radical (unpaired) electrons. The van der Waals surface area contributed by atoms with E-state index in [0.717, 1.165) is 10.9 Å². The monoisotopic (exact) mass is 287 g/mol. The number of nitrogens with one attached hydrogen (secondary N) is 1. The van der Waals surface area contributed by atoms with E-state index in [4.69, 9.17) is 10.8 Å². The van der Waals surface area contributed by atoms with E-state index in [9.17, 15) is 9.59 Å². The summed E-state index contributed by atoms with van der Waals surface area (Å²) < 4.78 is 0. The Morgan fingerprint density at radius 3 is 2.71 bits per heavy atom. The van der Waals surface area contributed by atoms with Crippen LogP contribution in [0, 0.1) is 0 Å². The molecule has 0 spiro atoms. The Labute approximate surface area is 122 Å². The average molecular weight is 287 g/mol. The van der Waals surface area contributed by atoms with Crippen molar-refractivity contribution in [3.8, 4) is 0 Å². The standard InChI is InChI=1S/C15H17N3O3/c16-15(21)11-9-18-12-6-2-1-5-10(12)14(11)17-8-4-3-7-13(19)20/h1-2,5-6,9H,3-4,7-8H2,(H2,16,21)(H,17,18)(H,19,20). The number of rotatable bonds is 7. The molecule has 4 N–H and O–H groups in total. The number of para-hydroxylation sites is 1. The minimum absolute atomic E-state index is 0.140. The summed E-state index contributed by atoms with van der Waals surface area (Å²) in [6.45, 7) is 0.571. The number of pyridine rings is 1. The normalized spacial score (nSPS) is 10.5. The summed E-state index contributed by atoms with van der Waals surface area (Å²) in [5.74, 6) is -1.34. The molecular weight excluding hydrogens is 270 g/mol. The van der Waals surface area contributed by atoms with Crippen molar-refractivity contribution in [2.75, 3.05) is 11.9 Å². The van der Waals surface area contributed by atoms with Crippen LogP contribution in [0.25, 0.3) is 10.9 Å². The topological polar surface area (TPSA) is 105 Å². The Hall–Kier alpha value is -2.63. The second kappa shape index (κ2) is 6.69. The Kier molecular flexibility index (Phi) is 4.71. The van der Waals surface area contributed by atoms with Gasteiger partial charge in [-0.15, -0.1) is 0 Å². The van der Waals surface area contributed by atoms with Crippen molar-refractivity contribution in [1.29, 1.82) is 0 Å². The van der Waals surface area contributed by atoms with E-state index in [-0.39, 0.29) is 6.42 Å². The number of aliphatic carboxylic acids is 1. The number of nitrogens with zero attached hydrogens (tertiary/aromatic N) is 1. The summed E-state index contributed by atoms with van der Waals surface area (Å²) in [4.78, 5) is 26.2. The summed E-state index contributed by atoms with van der Waals surface area (Å²) in [5.41, 5.74) is 7.15. The highest BCUT2D eigenvalue weighted by Crippen LogP contribution is 2.25. The third-order valence-corrected chi connectivity index (χ3v) is 3.16. The second-order valence-corrected chi connectivity index (χ2v) is 4.71. The molecule has 0 unspecified atom stereocenters. The molecule has 0 aliphatic heterocycles. The predicted molar refractivity (Wildman–Crippen MR) is 80.2 cm³/mol. The van der Waals surface area contributed by atoms with Gasteiger partial charge in [-0.1, -0.05) is 18.2 Å². The molecule has 0 aliphatic rings. The molecule has 0 aliphatic carbocycles. The summed E-state index contributed by atoms with van der Waals surface area (Å²) in [7, 11) is 0. The molecule has 0 saturated heterocycles. The highest BCUT2D eigenvalue weighted by atomic mass is 16.4. The molecule has 6 heteroatoms. The van der Waals surface area contributed by atoms with Gasteiger partial charge < -0.3 is 16.2 Å². The van der Waals surface area contributed by atoms with Gasteiger partial charge >= 0.3 is 5.97 Å². The number of benzene rings is 1. The molecule has 1 aromatic heterocycles. The molecule has 2 rings (SSSR count). The number of carbonyl (C=O) groups excluding carboxylic acids is 1. The fraction of sp³-hybridized carbons (Fsp3) is 0.267. The van der Waals surface area contributed by atoms with Gasteiger partial charge in [0.15, 0.2) is 0 Å². The number of carboxylic acid groups (broad SMARTS) is 1. The largest absolute Gasteiger partial charge is 0.481 e. The van der Waals surface area contributed by atoms with Crippen LogP contribution in [0.15, 0.2) is 30.5 Å². The number of fused-ring (bicyclic) bond motifs is 1. The van der Waals surface area contributed by atoms with Crippen molar-refractivity contribution in [1.82, 2.24) is 4.98 Å². The summed E-state index contributed by atoms with van der Waals surface area (Å²) in [6.07, 6.45) is 2.88. The fourth-order valence-electron chi connectivity index (χ4n) is 2.13.